The van der Waals surface area contributed by atoms with Crippen LogP contribution in [0.1, 0.15) is 32.3 Å². The van der Waals surface area contributed by atoms with Gasteiger partial charge in [0.1, 0.15) is 5.75 Å². The Morgan fingerprint density at radius 1 is 1.33 bits per heavy atom. The zero-order valence-electron chi connectivity index (χ0n) is 9.49. The second kappa shape index (κ2) is 6.14. The van der Waals surface area contributed by atoms with Gasteiger partial charge in [-0.2, -0.15) is 0 Å². The highest BCUT2D eigenvalue weighted by Gasteiger charge is 1.99. The van der Waals surface area contributed by atoms with Crippen LogP contribution in [0.25, 0.3) is 0 Å². The summed E-state index contributed by atoms with van der Waals surface area (Å²) in [6.07, 6.45) is 7.58. The number of terminal acetylenes is 1. The van der Waals surface area contributed by atoms with E-state index in [2.05, 4.69) is 19.8 Å². The maximum Gasteiger partial charge on any atom is 0.119 e. The minimum absolute atomic E-state index is 0.731. The SMILES string of the molecule is C#Cc1ccc(OCCC(C)CC)cc1. The molecule has 0 fully saturated rings. The molecule has 0 heterocycles. The Morgan fingerprint density at radius 3 is 2.53 bits per heavy atom. The molecule has 1 unspecified atom stereocenters. The third-order valence-corrected chi connectivity index (χ3v) is 2.60. The lowest BCUT2D eigenvalue weighted by molar-refractivity contribution is 0.281. The summed E-state index contributed by atoms with van der Waals surface area (Å²) in [6.45, 7) is 5.22. The summed E-state index contributed by atoms with van der Waals surface area (Å²) in [7, 11) is 0. The van der Waals surface area contributed by atoms with E-state index in [9.17, 15) is 0 Å². The Bertz CT molecular complexity index is 318. The van der Waals surface area contributed by atoms with Gasteiger partial charge < -0.3 is 4.74 Å². The molecule has 1 rings (SSSR count). The number of hydrogen-bond donors (Lipinski definition) is 0. The molecule has 0 spiro atoms. The van der Waals surface area contributed by atoms with Crippen molar-refractivity contribution in [2.24, 2.45) is 5.92 Å². The zero-order chi connectivity index (χ0) is 11.1. The van der Waals surface area contributed by atoms with E-state index in [1.54, 1.807) is 0 Å². The van der Waals surface area contributed by atoms with Gasteiger partial charge in [-0.1, -0.05) is 26.2 Å². The molecule has 15 heavy (non-hydrogen) atoms. The van der Waals surface area contributed by atoms with Gasteiger partial charge in [-0.3, -0.25) is 0 Å². The average molecular weight is 202 g/mol. The molecule has 0 amide bonds. The van der Waals surface area contributed by atoms with Crippen LogP contribution in [0.3, 0.4) is 0 Å². The first-order valence-electron chi connectivity index (χ1n) is 5.45. The molecular weight excluding hydrogens is 184 g/mol. The van der Waals surface area contributed by atoms with Crippen molar-refractivity contribution in [3.05, 3.63) is 29.8 Å². The molecule has 0 bridgehead atoms. The van der Waals surface area contributed by atoms with Gasteiger partial charge in [0.2, 0.25) is 0 Å². The van der Waals surface area contributed by atoms with Crippen LogP contribution in [0.15, 0.2) is 24.3 Å². The van der Waals surface area contributed by atoms with Crippen molar-refractivity contribution in [1.29, 1.82) is 0 Å². The number of hydrogen-bond acceptors (Lipinski definition) is 1. The van der Waals surface area contributed by atoms with Gasteiger partial charge in [0, 0.05) is 5.56 Å². The maximum atomic E-state index is 5.61. The van der Waals surface area contributed by atoms with Crippen LogP contribution in [0.4, 0.5) is 0 Å². The van der Waals surface area contributed by atoms with Crippen LogP contribution in [0, 0.1) is 18.3 Å². The second-order valence-electron chi connectivity index (χ2n) is 3.82. The molecule has 80 valence electrons. The average Bonchev–Trinajstić information content (AvgIpc) is 2.29. The van der Waals surface area contributed by atoms with Crippen LogP contribution < -0.4 is 4.74 Å². The maximum absolute atomic E-state index is 5.61. The first kappa shape index (κ1) is 11.7. The van der Waals surface area contributed by atoms with E-state index in [0.717, 1.165) is 30.3 Å². The molecule has 1 aromatic rings. The highest BCUT2D eigenvalue weighted by atomic mass is 16.5. The van der Waals surface area contributed by atoms with E-state index in [1.165, 1.54) is 6.42 Å². The molecule has 0 saturated heterocycles. The van der Waals surface area contributed by atoms with Crippen molar-refractivity contribution < 1.29 is 4.74 Å². The summed E-state index contributed by atoms with van der Waals surface area (Å²) in [5, 5.41) is 0. The number of ether oxygens (including phenoxy) is 1. The van der Waals surface area contributed by atoms with Gasteiger partial charge in [0.25, 0.3) is 0 Å². The first-order valence-corrected chi connectivity index (χ1v) is 5.45. The van der Waals surface area contributed by atoms with Gasteiger partial charge in [-0.15, -0.1) is 6.42 Å². The summed E-state index contributed by atoms with van der Waals surface area (Å²) in [6, 6.07) is 7.65. The highest BCUT2D eigenvalue weighted by Crippen LogP contribution is 2.13. The van der Waals surface area contributed by atoms with Crippen LogP contribution in [0.5, 0.6) is 5.75 Å². The number of rotatable bonds is 5. The highest BCUT2D eigenvalue weighted by molar-refractivity contribution is 5.36. The Hall–Kier alpha value is -1.42. The van der Waals surface area contributed by atoms with Crippen LogP contribution in [-0.4, -0.2) is 6.61 Å². The summed E-state index contributed by atoms with van der Waals surface area (Å²) >= 11 is 0. The van der Waals surface area contributed by atoms with Gasteiger partial charge in [0.15, 0.2) is 0 Å². The standard InChI is InChI=1S/C14H18O/c1-4-12(3)10-11-15-14-8-6-13(5-2)7-9-14/h2,6-9,12H,4,10-11H2,1,3H3. The Balaban J connectivity index is 2.35. The molecule has 1 heteroatoms. The summed E-state index contributed by atoms with van der Waals surface area (Å²) < 4.78 is 5.61. The summed E-state index contributed by atoms with van der Waals surface area (Å²) in [5.41, 5.74) is 0.893. The van der Waals surface area contributed by atoms with E-state index in [-0.39, 0.29) is 0 Å². The largest absolute Gasteiger partial charge is 0.494 e. The molecule has 0 aromatic heterocycles. The molecule has 0 aliphatic heterocycles. The summed E-state index contributed by atoms with van der Waals surface area (Å²) in [4.78, 5) is 0. The van der Waals surface area contributed by atoms with Crippen molar-refractivity contribution in [3.63, 3.8) is 0 Å². The van der Waals surface area contributed by atoms with E-state index in [4.69, 9.17) is 11.2 Å². The Kier molecular flexibility index (Phi) is 4.77. The van der Waals surface area contributed by atoms with Gasteiger partial charge in [0.05, 0.1) is 6.61 Å². The van der Waals surface area contributed by atoms with Crippen molar-refractivity contribution in [3.8, 4) is 18.1 Å². The van der Waals surface area contributed by atoms with Crippen molar-refractivity contribution in [2.45, 2.75) is 26.7 Å². The lowest BCUT2D eigenvalue weighted by atomic mass is 10.1. The van der Waals surface area contributed by atoms with E-state index < -0.39 is 0 Å². The zero-order valence-corrected chi connectivity index (χ0v) is 9.49. The normalized spacial score (nSPS) is 11.8. The van der Waals surface area contributed by atoms with Crippen molar-refractivity contribution in [2.75, 3.05) is 6.61 Å². The Morgan fingerprint density at radius 2 is 2.00 bits per heavy atom. The lowest BCUT2D eigenvalue weighted by Crippen LogP contribution is -2.03. The third kappa shape index (κ3) is 4.08. The van der Waals surface area contributed by atoms with E-state index in [1.807, 2.05) is 24.3 Å². The number of benzene rings is 1. The molecule has 0 aliphatic rings. The van der Waals surface area contributed by atoms with Crippen molar-refractivity contribution in [1.82, 2.24) is 0 Å². The molecule has 0 saturated carbocycles. The molecule has 0 radical (unpaired) electrons. The summed E-state index contributed by atoms with van der Waals surface area (Å²) in [5.74, 6) is 4.21. The van der Waals surface area contributed by atoms with Crippen LogP contribution in [0.2, 0.25) is 0 Å². The minimum Gasteiger partial charge on any atom is -0.494 e. The second-order valence-corrected chi connectivity index (χ2v) is 3.82. The molecule has 1 aromatic carbocycles. The fourth-order valence-corrected chi connectivity index (χ4v) is 1.23. The molecule has 0 N–H and O–H groups in total. The van der Waals surface area contributed by atoms with Gasteiger partial charge in [-0.05, 0) is 36.6 Å². The molecule has 1 atom stereocenters. The predicted molar refractivity (Wildman–Crippen MR) is 63.9 cm³/mol. The van der Waals surface area contributed by atoms with E-state index >= 15 is 0 Å². The van der Waals surface area contributed by atoms with E-state index in [0.29, 0.717) is 0 Å². The minimum atomic E-state index is 0.731. The van der Waals surface area contributed by atoms with Crippen LogP contribution >= 0.6 is 0 Å². The molecular formula is C14H18O. The fourth-order valence-electron chi connectivity index (χ4n) is 1.23. The smallest absolute Gasteiger partial charge is 0.119 e. The molecule has 0 aliphatic carbocycles. The quantitative estimate of drug-likeness (QED) is 0.664. The van der Waals surface area contributed by atoms with Crippen molar-refractivity contribution >= 4 is 0 Å². The molecule has 1 nitrogen and oxygen atoms in total. The van der Waals surface area contributed by atoms with Crippen LogP contribution in [-0.2, 0) is 0 Å². The third-order valence-electron chi connectivity index (χ3n) is 2.60. The monoisotopic (exact) mass is 202 g/mol. The first-order chi connectivity index (χ1) is 7.26. The Labute approximate surface area is 92.5 Å². The lowest BCUT2D eigenvalue weighted by Gasteiger charge is -2.09. The predicted octanol–water partition coefficient (Wildman–Crippen LogP) is 3.48. The van der Waals surface area contributed by atoms with Gasteiger partial charge in [-0.25, -0.2) is 0 Å². The topological polar surface area (TPSA) is 9.23 Å². The van der Waals surface area contributed by atoms with Gasteiger partial charge >= 0.3 is 0 Å². The fraction of sp³-hybridized carbons (Fsp3) is 0.429.